The first-order valence-electron chi connectivity index (χ1n) is 18.5. The second-order valence-electron chi connectivity index (χ2n) is 15.7. The molecular formula is C38H70O2. The fourth-order valence-electron chi connectivity index (χ4n) is 9.74. The largest absolute Gasteiger partial charge is 0.465 e. The Kier molecular flexibility index (Phi) is 14.9. The quantitative estimate of drug-likeness (QED) is 0.116. The molecule has 0 spiro atoms. The van der Waals surface area contributed by atoms with Gasteiger partial charge in [0.2, 0.25) is 0 Å². The highest BCUT2D eigenvalue weighted by Gasteiger charge is 2.57. The van der Waals surface area contributed by atoms with Crippen LogP contribution in [0.5, 0.6) is 0 Å². The molecule has 0 N–H and O–H groups in total. The molecule has 0 amide bonds. The standard InChI is InChI=1S/C38H70O2/c1-6-7-8-9-10-11-12-13-14-15-16-17-18-19-20-22-36(39)40-30-37(4)27-21-28-38(5)34-25-23-32(31(2)3)29-33(34)24-26-35(37)38/h31-35H,6-30H2,1-5H3/t32?,33?,34-,35?,37-,38-/m1/s1. The van der Waals surface area contributed by atoms with Gasteiger partial charge in [0, 0.05) is 11.8 Å². The Hall–Kier alpha value is -0.530. The summed E-state index contributed by atoms with van der Waals surface area (Å²) in [5, 5.41) is 0. The van der Waals surface area contributed by atoms with Crippen LogP contribution in [0, 0.1) is 40.4 Å². The lowest BCUT2D eigenvalue weighted by molar-refractivity contribution is -0.163. The molecule has 0 aromatic heterocycles. The lowest BCUT2D eigenvalue weighted by Gasteiger charge is -2.61. The van der Waals surface area contributed by atoms with E-state index >= 15 is 0 Å². The number of esters is 1. The van der Waals surface area contributed by atoms with Crippen molar-refractivity contribution < 1.29 is 9.53 Å². The molecule has 2 nitrogen and oxygen atoms in total. The highest BCUT2D eigenvalue weighted by atomic mass is 16.5. The summed E-state index contributed by atoms with van der Waals surface area (Å²) in [5.74, 6) is 4.41. The van der Waals surface area contributed by atoms with Crippen LogP contribution in [0.4, 0.5) is 0 Å². The van der Waals surface area contributed by atoms with Crippen LogP contribution in [-0.2, 0) is 9.53 Å². The predicted molar refractivity (Wildman–Crippen MR) is 172 cm³/mol. The van der Waals surface area contributed by atoms with Gasteiger partial charge in [-0.05, 0) is 86.4 Å². The van der Waals surface area contributed by atoms with Crippen LogP contribution in [0.1, 0.15) is 189 Å². The zero-order chi connectivity index (χ0) is 28.8. The molecule has 0 radical (unpaired) electrons. The first kappa shape index (κ1) is 34.0. The second kappa shape index (κ2) is 17.6. The van der Waals surface area contributed by atoms with E-state index in [-0.39, 0.29) is 11.4 Å². The minimum Gasteiger partial charge on any atom is -0.465 e. The maximum atomic E-state index is 12.7. The molecule has 3 aliphatic rings. The number of ether oxygens (including phenoxy) is 1. The number of carbonyl (C=O) groups excluding carboxylic acids is 1. The highest BCUT2D eigenvalue weighted by molar-refractivity contribution is 5.69. The number of hydrogen-bond acceptors (Lipinski definition) is 2. The Bertz CT molecular complexity index is 700. The lowest BCUT2D eigenvalue weighted by Crippen LogP contribution is -2.55. The van der Waals surface area contributed by atoms with Crippen molar-refractivity contribution in [3.05, 3.63) is 0 Å². The fourth-order valence-corrected chi connectivity index (χ4v) is 9.74. The van der Waals surface area contributed by atoms with Crippen molar-refractivity contribution in [1.82, 2.24) is 0 Å². The van der Waals surface area contributed by atoms with Gasteiger partial charge in [-0.3, -0.25) is 4.79 Å². The van der Waals surface area contributed by atoms with Gasteiger partial charge < -0.3 is 4.74 Å². The van der Waals surface area contributed by atoms with E-state index in [4.69, 9.17) is 4.74 Å². The summed E-state index contributed by atoms with van der Waals surface area (Å²) in [6.07, 6.45) is 32.1. The molecule has 6 atom stereocenters. The highest BCUT2D eigenvalue weighted by Crippen LogP contribution is 2.64. The molecule has 0 bridgehead atoms. The maximum Gasteiger partial charge on any atom is 0.305 e. The maximum absolute atomic E-state index is 12.7. The Balaban J connectivity index is 1.25. The van der Waals surface area contributed by atoms with Gasteiger partial charge in [-0.25, -0.2) is 0 Å². The molecule has 0 heterocycles. The summed E-state index contributed by atoms with van der Waals surface area (Å²) in [5.41, 5.74) is 0.635. The summed E-state index contributed by atoms with van der Waals surface area (Å²) >= 11 is 0. The van der Waals surface area contributed by atoms with Gasteiger partial charge in [0.05, 0.1) is 6.61 Å². The summed E-state index contributed by atoms with van der Waals surface area (Å²) in [6, 6.07) is 0. The smallest absolute Gasteiger partial charge is 0.305 e. The lowest BCUT2D eigenvalue weighted by atomic mass is 9.44. The number of hydrogen-bond donors (Lipinski definition) is 0. The van der Waals surface area contributed by atoms with Crippen LogP contribution in [0.3, 0.4) is 0 Å². The molecule has 3 unspecified atom stereocenters. The van der Waals surface area contributed by atoms with Gasteiger partial charge in [-0.1, -0.05) is 131 Å². The molecule has 3 rings (SSSR count). The molecule has 0 saturated heterocycles. The molecule has 0 aromatic rings. The van der Waals surface area contributed by atoms with E-state index < -0.39 is 0 Å². The topological polar surface area (TPSA) is 26.3 Å². The van der Waals surface area contributed by atoms with Crippen molar-refractivity contribution in [1.29, 1.82) is 0 Å². The van der Waals surface area contributed by atoms with Crippen molar-refractivity contribution >= 4 is 5.97 Å². The average molecular weight is 559 g/mol. The van der Waals surface area contributed by atoms with E-state index in [2.05, 4.69) is 34.6 Å². The summed E-state index contributed by atoms with van der Waals surface area (Å²) in [4.78, 5) is 12.7. The molecule has 3 aliphatic carbocycles. The zero-order valence-electron chi connectivity index (χ0n) is 27.9. The SMILES string of the molecule is CCCCCCCCCCCCCCCCCC(=O)OC[C@@]1(C)CCC[C@@]2(C)C1CCC1CC(C(C)C)CC[C@H]12. The third-order valence-corrected chi connectivity index (χ3v) is 12.3. The van der Waals surface area contributed by atoms with Gasteiger partial charge in [-0.2, -0.15) is 0 Å². The molecule has 3 saturated carbocycles. The second-order valence-corrected chi connectivity index (χ2v) is 15.7. The first-order valence-corrected chi connectivity index (χ1v) is 18.5. The van der Waals surface area contributed by atoms with Crippen molar-refractivity contribution in [3.8, 4) is 0 Å². The molecular weight excluding hydrogens is 488 g/mol. The molecule has 2 heteroatoms. The molecule has 0 aliphatic heterocycles. The third-order valence-electron chi connectivity index (χ3n) is 12.3. The van der Waals surface area contributed by atoms with Gasteiger partial charge in [0.25, 0.3) is 0 Å². The third kappa shape index (κ3) is 10.0. The summed E-state index contributed by atoms with van der Waals surface area (Å²) in [7, 11) is 0. The van der Waals surface area contributed by atoms with E-state index in [1.54, 1.807) is 0 Å². The van der Waals surface area contributed by atoms with Crippen LogP contribution in [0.25, 0.3) is 0 Å². The van der Waals surface area contributed by atoms with Gasteiger partial charge in [0.15, 0.2) is 0 Å². The van der Waals surface area contributed by atoms with Crippen molar-refractivity contribution in [2.45, 2.75) is 189 Å². The predicted octanol–water partition coefficient (Wildman–Crippen LogP) is 12.1. The van der Waals surface area contributed by atoms with E-state index in [0.717, 1.165) is 36.0 Å². The monoisotopic (exact) mass is 559 g/mol. The van der Waals surface area contributed by atoms with Crippen LogP contribution < -0.4 is 0 Å². The normalized spacial score (nSPS) is 32.0. The average Bonchev–Trinajstić information content (AvgIpc) is 2.93. The van der Waals surface area contributed by atoms with Gasteiger partial charge in [-0.15, -0.1) is 0 Å². The van der Waals surface area contributed by atoms with Crippen LogP contribution in [0.15, 0.2) is 0 Å². The van der Waals surface area contributed by atoms with Crippen molar-refractivity contribution in [3.63, 3.8) is 0 Å². The minimum atomic E-state index is 0.0642. The van der Waals surface area contributed by atoms with Crippen LogP contribution in [-0.4, -0.2) is 12.6 Å². The van der Waals surface area contributed by atoms with Crippen LogP contribution >= 0.6 is 0 Å². The van der Waals surface area contributed by atoms with E-state index in [1.165, 1.54) is 141 Å². The molecule has 0 aromatic carbocycles. The van der Waals surface area contributed by atoms with E-state index in [1.807, 2.05) is 0 Å². The van der Waals surface area contributed by atoms with Gasteiger partial charge >= 0.3 is 5.97 Å². The van der Waals surface area contributed by atoms with Crippen molar-refractivity contribution in [2.24, 2.45) is 40.4 Å². The summed E-state index contributed by atoms with van der Waals surface area (Å²) in [6.45, 7) is 12.9. The fraction of sp³-hybridized carbons (Fsp3) is 0.974. The summed E-state index contributed by atoms with van der Waals surface area (Å²) < 4.78 is 6.04. The number of unbranched alkanes of at least 4 members (excludes halogenated alkanes) is 14. The Morgan fingerprint density at radius 2 is 1.32 bits per heavy atom. The Morgan fingerprint density at radius 1 is 0.750 bits per heavy atom. The minimum absolute atomic E-state index is 0.0642. The molecule has 40 heavy (non-hydrogen) atoms. The zero-order valence-corrected chi connectivity index (χ0v) is 27.9. The van der Waals surface area contributed by atoms with Gasteiger partial charge in [0.1, 0.15) is 0 Å². The number of fused-ring (bicyclic) bond motifs is 3. The Labute approximate surface area is 250 Å². The van der Waals surface area contributed by atoms with E-state index in [0.29, 0.717) is 18.4 Å². The Morgan fingerprint density at radius 3 is 1.90 bits per heavy atom. The van der Waals surface area contributed by atoms with Crippen molar-refractivity contribution in [2.75, 3.05) is 6.61 Å². The first-order chi connectivity index (χ1) is 19.3. The van der Waals surface area contributed by atoms with E-state index in [9.17, 15) is 4.79 Å². The molecule has 234 valence electrons. The number of carbonyl (C=O) groups is 1. The number of rotatable bonds is 19. The van der Waals surface area contributed by atoms with Crippen LogP contribution in [0.2, 0.25) is 0 Å². The molecule has 3 fully saturated rings.